The van der Waals surface area contributed by atoms with Gasteiger partial charge in [-0.2, -0.15) is 0 Å². The van der Waals surface area contributed by atoms with E-state index >= 15 is 0 Å². The maximum Gasteiger partial charge on any atom is 0.423 e. The van der Waals surface area contributed by atoms with Gasteiger partial charge in [0.05, 0.1) is 6.92 Å². The molecule has 0 aliphatic heterocycles. The lowest BCUT2D eigenvalue weighted by Gasteiger charge is -2.19. The predicted octanol–water partition coefficient (Wildman–Crippen LogP) is -1.09. The minimum absolute atomic E-state index is 0.920. The van der Waals surface area contributed by atoms with Crippen molar-refractivity contribution in [3.05, 3.63) is 0 Å². The van der Waals surface area contributed by atoms with Gasteiger partial charge in [0.2, 0.25) is 0 Å². The molecule has 0 bridgehead atoms. The molecule has 0 saturated heterocycles. The fourth-order valence-corrected chi connectivity index (χ4v) is 0.290. The van der Waals surface area contributed by atoms with E-state index in [1.807, 2.05) is 0 Å². The van der Waals surface area contributed by atoms with Gasteiger partial charge in [0.25, 0.3) is 0 Å². The lowest BCUT2D eigenvalue weighted by atomic mass is 10.6. The summed E-state index contributed by atoms with van der Waals surface area (Å²) < 4.78 is 11.8. The molecule has 0 fully saturated rings. The summed E-state index contributed by atoms with van der Waals surface area (Å²) in [4.78, 5) is 28.8. The van der Waals surface area contributed by atoms with Gasteiger partial charge in [0.1, 0.15) is 0 Å². The average molecular weight is 159 g/mol. The van der Waals surface area contributed by atoms with Gasteiger partial charge >= 0.3 is 25.4 Å². The Morgan fingerprint density at radius 1 is 0.909 bits per heavy atom. The highest BCUT2D eigenvalue weighted by atomic mass is 16.9. The molecule has 0 aliphatic carbocycles. The predicted molar refractivity (Wildman–Crippen MR) is 28.7 cm³/mol. The van der Waals surface area contributed by atoms with Crippen LogP contribution in [0.25, 0.3) is 0 Å². The average Bonchev–Trinajstić information content (AvgIpc) is 1.88. The molecule has 6 nitrogen and oxygen atoms in total. The quantitative estimate of drug-likeness (QED) is 0.458. The van der Waals surface area contributed by atoms with Crippen molar-refractivity contribution in [1.29, 1.82) is 0 Å². The third-order valence-electron chi connectivity index (χ3n) is 0.681. The third kappa shape index (κ3) is 3.19. The second-order valence-electron chi connectivity index (χ2n) is 1.42. The molecule has 0 aliphatic rings. The SMILES string of the molecule is CC(O[C]=O)(O[C]=O)O[C]=O. The van der Waals surface area contributed by atoms with Crippen LogP contribution in [-0.4, -0.2) is 25.4 Å². The molecule has 0 unspecified atom stereocenters. The summed E-state index contributed by atoms with van der Waals surface area (Å²) in [6.07, 6.45) is 0. The van der Waals surface area contributed by atoms with Crippen molar-refractivity contribution in [3.63, 3.8) is 0 Å². The smallest absolute Gasteiger partial charge is 0.380 e. The summed E-state index contributed by atoms with van der Waals surface area (Å²) in [6, 6.07) is 0. The first-order valence-corrected chi connectivity index (χ1v) is 2.34. The molecule has 6 heteroatoms. The maximum atomic E-state index is 9.60. The molecular formula is C5H3O6. The van der Waals surface area contributed by atoms with Crippen LogP contribution in [0, 0.1) is 0 Å². The van der Waals surface area contributed by atoms with E-state index in [2.05, 4.69) is 14.2 Å². The Morgan fingerprint density at radius 2 is 1.18 bits per heavy atom. The fourth-order valence-electron chi connectivity index (χ4n) is 0.290. The van der Waals surface area contributed by atoms with Gasteiger partial charge in [-0.3, -0.25) is 0 Å². The summed E-state index contributed by atoms with van der Waals surface area (Å²) in [6.45, 7) is 3.75. The molecule has 11 heavy (non-hydrogen) atoms. The number of hydrogen-bond acceptors (Lipinski definition) is 6. The normalized spacial score (nSPS) is 9.55. The molecule has 0 atom stereocenters. The molecule has 3 radical (unpaired) electrons. The molecule has 0 spiro atoms. The van der Waals surface area contributed by atoms with E-state index in [4.69, 9.17) is 0 Å². The molecular weight excluding hydrogens is 156 g/mol. The van der Waals surface area contributed by atoms with Gasteiger partial charge in [0.15, 0.2) is 0 Å². The van der Waals surface area contributed by atoms with Crippen LogP contribution in [0.4, 0.5) is 0 Å². The Kier molecular flexibility index (Phi) is 3.65. The van der Waals surface area contributed by atoms with Gasteiger partial charge in [-0.05, 0) is 0 Å². The zero-order valence-corrected chi connectivity index (χ0v) is 5.45. The van der Waals surface area contributed by atoms with Crippen LogP contribution < -0.4 is 0 Å². The van der Waals surface area contributed by atoms with Crippen LogP contribution in [0.15, 0.2) is 0 Å². The first kappa shape index (κ1) is 9.41. The molecule has 0 heterocycles. The Labute approximate surface area is 62.0 Å². The Bertz CT molecular complexity index is 127. The lowest BCUT2D eigenvalue weighted by molar-refractivity contribution is -0.263. The number of ether oxygens (including phenoxy) is 3. The van der Waals surface area contributed by atoms with Crippen LogP contribution in [0.1, 0.15) is 6.92 Å². The number of carbonyl (C=O) groups excluding carboxylic acids is 3. The molecule has 0 saturated carbocycles. The minimum Gasteiger partial charge on any atom is -0.380 e. The van der Waals surface area contributed by atoms with Crippen LogP contribution in [0.5, 0.6) is 0 Å². The zero-order chi connectivity index (χ0) is 8.74. The summed E-state index contributed by atoms with van der Waals surface area (Å²) >= 11 is 0. The third-order valence-corrected chi connectivity index (χ3v) is 0.681. The summed E-state index contributed by atoms with van der Waals surface area (Å²) in [5, 5.41) is 0. The fraction of sp³-hybridized carbons (Fsp3) is 0.400. The zero-order valence-electron chi connectivity index (χ0n) is 5.45. The van der Waals surface area contributed by atoms with Gasteiger partial charge in [-0.1, -0.05) is 0 Å². The maximum absolute atomic E-state index is 9.60. The van der Waals surface area contributed by atoms with Crippen molar-refractivity contribution in [2.75, 3.05) is 0 Å². The van der Waals surface area contributed by atoms with Crippen molar-refractivity contribution >= 4 is 19.4 Å². The van der Waals surface area contributed by atoms with E-state index in [0.29, 0.717) is 0 Å². The summed E-state index contributed by atoms with van der Waals surface area (Å²) in [5.74, 6) is -2.12. The van der Waals surface area contributed by atoms with Crippen LogP contribution in [0.3, 0.4) is 0 Å². The monoisotopic (exact) mass is 159 g/mol. The van der Waals surface area contributed by atoms with Crippen molar-refractivity contribution in [3.8, 4) is 0 Å². The molecule has 0 amide bonds. The van der Waals surface area contributed by atoms with Crippen molar-refractivity contribution in [2.45, 2.75) is 12.9 Å². The highest BCUT2D eigenvalue weighted by molar-refractivity contribution is 5.44. The number of hydrogen-bond donors (Lipinski definition) is 0. The Hall–Kier alpha value is -1.59. The molecule has 0 rings (SSSR count). The minimum atomic E-state index is -2.12. The summed E-state index contributed by atoms with van der Waals surface area (Å²) in [5.41, 5.74) is 0. The van der Waals surface area contributed by atoms with Crippen molar-refractivity contribution in [2.24, 2.45) is 0 Å². The van der Waals surface area contributed by atoms with Crippen LogP contribution in [0.2, 0.25) is 0 Å². The van der Waals surface area contributed by atoms with E-state index in [9.17, 15) is 14.4 Å². The molecule has 0 aromatic rings. The second-order valence-corrected chi connectivity index (χ2v) is 1.42. The van der Waals surface area contributed by atoms with Gasteiger partial charge in [0, 0.05) is 0 Å². The van der Waals surface area contributed by atoms with Gasteiger partial charge in [-0.15, -0.1) is 0 Å². The topological polar surface area (TPSA) is 78.9 Å². The van der Waals surface area contributed by atoms with E-state index in [-0.39, 0.29) is 0 Å². The van der Waals surface area contributed by atoms with Crippen LogP contribution in [-0.2, 0) is 28.6 Å². The number of rotatable bonds is 6. The first-order valence-electron chi connectivity index (χ1n) is 2.34. The Balaban J connectivity index is 4.09. The molecule has 0 aromatic heterocycles. The first-order chi connectivity index (χ1) is 5.18. The van der Waals surface area contributed by atoms with Gasteiger partial charge in [-0.25, -0.2) is 14.4 Å². The highest BCUT2D eigenvalue weighted by Crippen LogP contribution is 2.09. The largest absolute Gasteiger partial charge is 0.423 e. The highest BCUT2D eigenvalue weighted by Gasteiger charge is 2.31. The lowest BCUT2D eigenvalue weighted by Crippen LogP contribution is -2.34. The van der Waals surface area contributed by atoms with Gasteiger partial charge < -0.3 is 14.2 Å². The second kappa shape index (κ2) is 4.26. The molecule has 59 valence electrons. The van der Waals surface area contributed by atoms with Crippen LogP contribution >= 0.6 is 0 Å². The van der Waals surface area contributed by atoms with Crippen molar-refractivity contribution < 1.29 is 28.6 Å². The van der Waals surface area contributed by atoms with E-state index in [1.165, 1.54) is 0 Å². The van der Waals surface area contributed by atoms with Crippen molar-refractivity contribution in [1.82, 2.24) is 0 Å². The van der Waals surface area contributed by atoms with E-state index in [0.717, 1.165) is 26.3 Å². The molecule has 0 aromatic carbocycles. The molecule has 0 N–H and O–H groups in total. The summed E-state index contributed by atoms with van der Waals surface area (Å²) in [7, 11) is 0. The Morgan fingerprint density at radius 3 is 1.36 bits per heavy atom. The van der Waals surface area contributed by atoms with E-state index in [1.54, 1.807) is 0 Å². The van der Waals surface area contributed by atoms with E-state index < -0.39 is 5.97 Å². The standard InChI is InChI=1S/C5H3O6/c1-5(9-2-6,10-3-7)11-4-8/h1H3.